The highest BCUT2D eigenvalue weighted by molar-refractivity contribution is 6.09. The summed E-state index contributed by atoms with van der Waals surface area (Å²) < 4.78 is 1.81. The molecule has 148 valence electrons. The molecule has 3 N–H and O–H groups in total. The molecule has 0 aliphatic carbocycles. The Labute approximate surface area is 168 Å². The van der Waals surface area contributed by atoms with Crippen molar-refractivity contribution < 1.29 is 14.4 Å². The monoisotopic (exact) mass is 391 g/mol. The van der Waals surface area contributed by atoms with Gasteiger partial charge in [-0.05, 0) is 30.3 Å². The molecule has 3 amide bonds. The molecule has 0 atom stereocenters. The lowest BCUT2D eigenvalue weighted by Crippen LogP contribution is -2.21. The topological polar surface area (TPSA) is 105 Å². The van der Waals surface area contributed by atoms with Crippen LogP contribution in [0.4, 0.5) is 11.4 Å². The molecule has 2 aromatic carbocycles. The van der Waals surface area contributed by atoms with Crippen molar-refractivity contribution in [1.82, 2.24) is 14.9 Å². The quantitative estimate of drug-likeness (QED) is 0.575. The van der Waals surface area contributed by atoms with E-state index in [1.807, 2.05) is 4.57 Å². The maximum absolute atomic E-state index is 12.6. The fourth-order valence-corrected chi connectivity index (χ4v) is 2.73. The predicted molar refractivity (Wildman–Crippen MR) is 110 cm³/mol. The van der Waals surface area contributed by atoms with Gasteiger partial charge in [0.2, 0.25) is 5.91 Å². The highest BCUT2D eigenvalue weighted by Gasteiger charge is 2.13. The number of aromatic nitrogens is 2. The van der Waals surface area contributed by atoms with Crippen LogP contribution in [0.1, 0.15) is 27.1 Å². The molecular weight excluding hydrogens is 370 g/mol. The number of amides is 3. The molecule has 0 radical (unpaired) electrons. The van der Waals surface area contributed by atoms with Crippen LogP contribution in [0.5, 0.6) is 0 Å². The summed E-state index contributed by atoms with van der Waals surface area (Å²) in [5.74, 6) is -0.836. The highest BCUT2D eigenvalue weighted by Crippen LogP contribution is 2.18. The molecule has 0 aliphatic rings. The molecule has 8 heteroatoms. The number of para-hydroxylation sites is 1. The van der Waals surface area contributed by atoms with Crippen LogP contribution in [-0.2, 0) is 11.3 Å². The maximum atomic E-state index is 12.6. The van der Waals surface area contributed by atoms with E-state index in [9.17, 15) is 14.4 Å². The van der Waals surface area contributed by atoms with E-state index in [2.05, 4.69) is 20.9 Å². The van der Waals surface area contributed by atoms with Gasteiger partial charge in [-0.25, -0.2) is 4.98 Å². The van der Waals surface area contributed by atoms with Gasteiger partial charge in [-0.15, -0.1) is 0 Å². The minimum absolute atomic E-state index is 0.166. The van der Waals surface area contributed by atoms with Gasteiger partial charge in [-0.2, -0.15) is 0 Å². The number of hydrogen-bond acceptors (Lipinski definition) is 4. The van der Waals surface area contributed by atoms with Crippen LogP contribution in [0.3, 0.4) is 0 Å². The van der Waals surface area contributed by atoms with Crippen LogP contribution < -0.4 is 16.0 Å². The molecule has 29 heavy (non-hydrogen) atoms. The first-order chi connectivity index (χ1) is 14.1. The zero-order chi connectivity index (χ0) is 20.6. The van der Waals surface area contributed by atoms with E-state index in [-0.39, 0.29) is 24.1 Å². The Morgan fingerprint density at radius 3 is 2.59 bits per heavy atom. The summed E-state index contributed by atoms with van der Waals surface area (Å²) in [6.45, 7) is 0.516. The minimum atomic E-state index is -0.379. The minimum Gasteiger partial charge on any atom is -0.355 e. The van der Waals surface area contributed by atoms with Crippen LogP contribution in [0.2, 0.25) is 0 Å². The third-order valence-corrected chi connectivity index (χ3v) is 4.21. The van der Waals surface area contributed by atoms with Crippen LogP contribution in [0.25, 0.3) is 0 Å². The lowest BCUT2D eigenvalue weighted by atomic mass is 10.1. The van der Waals surface area contributed by atoms with Crippen molar-refractivity contribution in [3.63, 3.8) is 0 Å². The van der Waals surface area contributed by atoms with Gasteiger partial charge in [0, 0.05) is 43.7 Å². The molecule has 0 fully saturated rings. The van der Waals surface area contributed by atoms with E-state index in [1.165, 1.54) is 7.05 Å². The fraction of sp³-hybridized carbons (Fsp3) is 0.143. The molecule has 1 aromatic heterocycles. The van der Waals surface area contributed by atoms with E-state index in [1.54, 1.807) is 67.3 Å². The normalized spacial score (nSPS) is 10.2. The van der Waals surface area contributed by atoms with Gasteiger partial charge < -0.3 is 20.5 Å². The number of aryl methyl sites for hydroxylation is 1. The summed E-state index contributed by atoms with van der Waals surface area (Å²) in [6, 6.07) is 13.4. The summed E-state index contributed by atoms with van der Waals surface area (Å²) in [5, 5.41) is 8.07. The van der Waals surface area contributed by atoms with Gasteiger partial charge in [0.25, 0.3) is 11.8 Å². The number of nitrogens with one attached hydrogen (secondary N) is 3. The largest absolute Gasteiger partial charge is 0.355 e. The second-order valence-corrected chi connectivity index (χ2v) is 6.26. The molecule has 8 nitrogen and oxygen atoms in total. The van der Waals surface area contributed by atoms with Gasteiger partial charge in [-0.3, -0.25) is 14.4 Å². The number of nitrogens with zero attached hydrogens (tertiary/aromatic N) is 2. The smallest absolute Gasteiger partial charge is 0.255 e. The van der Waals surface area contributed by atoms with Crippen molar-refractivity contribution in [2.75, 3.05) is 17.7 Å². The second-order valence-electron chi connectivity index (χ2n) is 6.26. The molecule has 0 unspecified atom stereocenters. The van der Waals surface area contributed by atoms with Crippen LogP contribution in [0, 0.1) is 0 Å². The predicted octanol–water partition coefficient (Wildman–Crippen LogP) is 2.52. The molecule has 3 aromatic rings. The Morgan fingerprint density at radius 1 is 1.00 bits per heavy atom. The Morgan fingerprint density at radius 2 is 1.83 bits per heavy atom. The van der Waals surface area contributed by atoms with E-state index in [0.717, 1.165) is 0 Å². The summed E-state index contributed by atoms with van der Waals surface area (Å²) in [6.07, 6.45) is 5.37. The second kappa shape index (κ2) is 9.32. The molecule has 0 saturated carbocycles. The SMILES string of the molecule is CNC(=O)c1ccccc1NC(=O)c1cccc(NC(=O)CCn2ccnc2)c1. The van der Waals surface area contributed by atoms with E-state index < -0.39 is 0 Å². The van der Waals surface area contributed by atoms with Crippen LogP contribution in [0.15, 0.2) is 67.3 Å². The Bertz CT molecular complexity index is 1010. The van der Waals surface area contributed by atoms with Gasteiger partial charge in [0.15, 0.2) is 0 Å². The van der Waals surface area contributed by atoms with E-state index >= 15 is 0 Å². The number of rotatable bonds is 7. The lowest BCUT2D eigenvalue weighted by molar-refractivity contribution is -0.116. The number of imidazole rings is 1. The third kappa shape index (κ3) is 5.29. The lowest BCUT2D eigenvalue weighted by Gasteiger charge is -2.11. The molecule has 0 spiro atoms. The zero-order valence-corrected chi connectivity index (χ0v) is 15.9. The molecule has 1 heterocycles. The third-order valence-electron chi connectivity index (χ3n) is 4.21. The van der Waals surface area contributed by atoms with E-state index in [4.69, 9.17) is 0 Å². The molecule has 0 saturated heterocycles. The first kappa shape index (κ1) is 19.8. The Kier molecular flexibility index (Phi) is 6.36. The summed E-state index contributed by atoms with van der Waals surface area (Å²) in [7, 11) is 1.53. The summed E-state index contributed by atoms with van der Waals surface area (Å²) in [4.78, 5) is 40.7. The van der Waals surface area contributed by atoms with Crippen LogP contribution in [-0.4, -0.2) is 34.3 Å². The average molecular weight is 391 g/mol. The Balaban J connectivity index is 1.65. The van der Waals surface area contributed by atoms with Crippen molar-refractivity contribution in [1.29, 1.82) is 0 Å². The number of benzene rings is 2. The van der Waals surface area contributed by atoms with Crippen molar-refractivity contribution in [2.24, 2.45) is 0 Å². The van der Waals surface area contributed by atoms with Gasteiger partial charge >= 0.3 is 0 Å². The Hall–Kier alpha value is -3.94. The van der Waals surface area contributed by atoms with Crippen molar-refractivity contribution in [3.8, 4) is 0 Å². The first-order valence-corrected chi connectivity index (χ1v) is 9.05. The summed E-state index contributed by atoms with van der Waals surface area (Å²) >= 11 is 0. The average Bonchev–Trinajstić information content (AvgIpc) is 3.26. The molecular formula is C21H21N5O3. The summed E-state index contributed by atoms with van der Waals surface area (Å²) in [5.41, 5.74) is 1.66. The van der Waals surface area contributed by atoms with Crippen molar-refractivity contribution in [2.45, 2.75) is 13.0 Å². The maximum Gasteiger partial charge on any atom is 0.255 e. The number of hydrogen-bond donors (Lipinski definition) is 3. The fourth-order valence-electron chi connectivity index (χ4n) is 2.73. The number of carbonyl (C=O) groups excluding carboxylic acids is 3. The van der Waals surface area contributed by atoms with Crippen LogP contribution >= 0.6 is 0 Å². The zero-order valence-electron chi connectivity index (χ0n) is 15.9. The van der Waals surface area contributed by atoms with Crippen molar-refractivity contribution in [3.05, 3.63) is 78.4 Å². The van der Waals surface area contributed by atoms with E-state index in [0.29, 0.717) is 29.0 Å². The molecule has 0 bridgehead atoms. The molecule has 0 aliphatic heterocycles. The standard InChI is InChI=1S/C21H21N5O3/c1-22-21(29)17-7-2-3-8-18(17)25-20(28)15-5-4-6-16(13-15)24-19(27)9-11-26-12-10-23-14-26/h2-8,10,12-14H,9,11H2,1H3,(H,22,29)(H,24,27)(H,25,28). The number of carbonyl (C=O) groups is 3. The highest BCUT2D eigenvalue weighted by atomic mass is 16.2. The number of anilines is 2. The van der Waals surface area contributed by atoms with Gasteiger partial charge in [0.1, 0.15) is 0 Å². The molecule has 3 rings (SSSR count). The van der Waals surface area contributed by atoms with Gasteiger partial charge in [0.05, 0.1) is 17.6 Å². The first-order valence-electron chi connectivity index (χ1n) is 9.05. The van der Waals surface area contributed by atoms with Gasteiger partial charge in [-0.1, -0.05) is 18.2 Å². The van der Waals surface area contributed by atoms with Crippen molar-refractivity contribution >= 4 is 29.1 Å².